The van der Waals surface area contributed by atoms with Crippen LogP contribution in [0.4, 0.5) is 0 Å². The normalized spacial score (nSPS) is 6.29. The van der Waals surface area contributed by atoms with Crippen molar-refractivity contribution in [2.75, 3.05) is 65.7 Å². The Morgan fingerprint density at radius 3 is 0.765 bits per heavy atom. The molecule has 14 nitrogen and oxygen atoms in total. The number of aliphatic hydroxyl groups excluding tert-OH is 4. The molecule has 0 aliphatic heterocycles. The smallest absolute Gasteiger partial charge is 0.0555 e. The molecule has 0 atom stereocenters. The van der Waals surface area contributed by atoms with Crippen molar-refractivity contribution >= 4 is 47.0 Å². The van der Waals surface area contributed by atoms with Gasteiger partial charge in [0.15, 0.2) is 0 Å². The highest BCUT2D eigenvalue weighted by molar-refractivity contribution is 5.16. The molecule has 0 bridgehead atoms. The van der Waals surface area contributed by atoms with E-state index in [0.717, 1.165) is 32.6 Å². The van der Waals surface area contributed by atoms with Gasteiger partial charge in [-0.3, -0.25) is 0 Å². The first-order valence-electron chi connectivity index (χ1n) is 9.78. The van der Waals surface area contributed by atoms with Crippen molar-refractivity contribution in [3.8, 4) is 0 Å². The molecule has 34 heavy (non-hydrogen) atoms. The van der Waals surface area contributed by atoms with E-state index in [-0.39, 0.29) is 26.4 Å². The monoisotopic (exact) mass is 500 g/mol. The predicted molar refractivity (Wildman–Crippen MR) is 152 cm³/mol. The first-order valence-corrected chi connectivity index (χ1v) is 9.78. The molecule has 0 aromatic carbocycles. The van der Waals surface area contributed by atoms with Crippen LogP contribution in [0.1, 0.15) is 20.3 Å². The second kappa shape index (κ2) is 202. The van der Waals surface area contributed by atoms with Gasteiger partial charge < -0.3 is 74.2 Å². The molecular formula is C20H56N10O4. The van der Waals surface area contributed by atoms with Crippen molar-refractivity contribution < 1.29 is 20.4 Å². The van der Waals surface area contributed by atoms with Gasteiger partial charge in [-0.15, -0.1) is 0 Å². The maximum Gasteiger partial charge on any atom is 0.0555 e. The van der Waals surface area contributed by atoms with Gasteiger partial charge in [-0.2, -0.15) is 0 Å². The summed E-state index contributed by atoms with van der Waals surface area (Å²) in [5.41, 5.74) is 0. The third-order valence-corrected chi connectivity index (χ3v) is 1.83. The summed E-state index contributed by atoms with van der Waals surface area (Å²) in [5.74, 6) is 0. The molecule has 0 saturated heterocycles. The Kier molecular flexibility index (Phi) is 377. The van der Waals surface area contributed by atoms with E-state index >= 15 is 0 Å². The van der Waals surface area contributed by atoms with Crippen LogP contribution >= 0.6 is 0 Å². The minimum Gasteiger partial charge on any atom is -0.395 e. The number of nitrogens with one attached hydrogen (secondary N) is 10. The summed E-state index contributed by atoms with van der Waals surface area (Å²) in [5, 5.41) is 79.9. The summed E-state index contributed by atoms with van der Waals surface area (Å²) in [4.78, 5) is 0. The lowest BCUT2D eigenvalue weighted by molar-refractivity contribution is 0.266. The van der Waals surface area contributed by atoms with Gasteiger partial charge >= 0.3 is 0 Å². The lowest BCUT2D eigenvalue weighted by atomic mass is 10.5. The van der Waals surface area contributed by atoms with E-state index in [1.165, 1.54) is 0 Å². The molecule has 0 rings (SSSR count). The van der Waals surface area contributed by atoms with E-state index in [2.05, 4.69) is 69.9 Å². The van der Waals surface area contributed by atoms with E-state index in [9.17, 15) is 0 Å². The van der Waals surface area contributed by atoms with Crippen LogP contribution in [0.15, 0.2) is 0 Å². The fourth-order valence-corrected chi connectivity index (χ4v) is 0.920. The Hall–Kier alpha value is -2.59. The molecule has 0 aliphatic rings. The molecule has 0 aliphatic carbocycles. The molecule has 0 heterocycles. The average molecular weight is 501 g/mol. The summed E-state index contributed by atoms with van der Waals surface area (Å²) in [7, 11) is 0. The molecule has 14 N–H and O–H groups in total. The van der Waals surface area contributed by atoms with Crippen molar-refractivity contribution in [3.63, 3.8) is 0 Å². The topological polar surface area (TPSA) is 284 Å². The second-order valence-electron chi connectivity index (χ2n) is 3.75. The lowest BCUT2D eigenvalue weighted by Gasteiger charge is -1.95. The van der Waals surface area contributed by atoms with Crippen molar-refractivity contribution in [1.82, 2.24) is 16.0 Å². The maximum absolute atomic E-state index is 8.23. The van der Waals surface area contributed by atoms with Gasteiger partial charge in [-0.1, -0.05) is 13.8 Å². The van der Waals surface area contributed by atoms with Crippen molar-refractivity contribution in [2.45, 2.75) is 20.3 Å². The van der Waals surface area contributed by atoms with Crippen LogP contribution in [0.2, 0.25) is 0 Å². The molecule has 0 amide bonds. The van der Waals surface area contributed by atoms with E-state index in [4.69, 9.17) is 58.3 Å². The van der Waals surface area contributed by atoms with Crippen molar-refractivity contribution in [3.05, 3.63) is 0 Å². The van der Waals surface area contributed by atoms with Crippen LogP contribution in [0.5, 0.6) is 0 Å². The van der Waals surface area contributed by atoms with Crippen LogP contribution < -0.4 is 16.0 Å². The predicted octanol–water partition coefficient (Wildman–Crippen LogP) is -0.0125. The molecule has 14 heteroatoms. The quantitative estimate of drug-likeness (QED) is 0.136. The molecule has 0 aromatic heterocycles. The first-order chi connectivity index (χ1) is 16.7. The van der Waals surface area contributed by atoms with Gasteiger partial charge in [-0.05, 0) is 66.5 Å². The Bertz CT molecular complexity index is 188. The Labute approximate surface area is 207 Å². The summed E-state index contributed by atoms with van der Waals surface area (Å²) in [6.07, 6.45) is 1.14. The zero-order valence-corrected chi connectivity index (χ0v) is 21.5. The standard InChI is InChI=1S/C5H13NO.C4H11NO2.C4H11NO.7CH3N/c1-2-3-6-4-5-7;6-3-1-5-2-4-7;1-2-5-3-4-6;7*1-2/h6-7H,2-5H2,1H3;5-7H,1-4H2;5-6H,2-4H2,1H3;7*2H,1H2. The number of hydrogen-bond donors (Lipinski definition) is 14. The zero-order chi connectivity index (χ0) is 29.9. The molecule has 0 fully saturated rings. The molecule has 0 aromatic rings. The zero-order valence-electron chi connectivity index (χ0n) is 21.5. The third kappa shape index (κ3) is 336. The summed E-state index contributed by atoms with van der Waals surface area (Å²) < 4.78 is 0. The number of hydrogen-bond acceptors (Lipinski definition) is 14. The van der Waals surface area contributed by atoms with Gasteiger partial charge in [0.1, 0.15) is 0 Å². The van der Waals surface area contributed by atoms with Gasteiger partial charge in [0.2, 0.25) is 0 Å². The molecule has 210 valence electrons. The van der Waals surface area contributed by atoms with Crippen LogP contribution in [0.3, 0.4) is 0 Å². The van der Waals surface area contributed by atoms with Crippen LogP contribution in [0, 0.1) is 37.9 Å². The van der Waals surface area contributed by atoms with Gasteiger partial charge in [-0.25, -0.2) is 0 Å². The highest BCUT2D eigenvalue weighted by Gasteiger charge is 1.78. The van der Waals surface area contributed by atoms with E-state index in [1.807, 2.05) is 6.92 Å². The third-order valence-electron chi connectivity index (χ3n) is 1.83. The highest BCUT2D eigenvalue weighted by atomic mass is 16.3. The Morgan fingerprint density at radius 2 is 0.618 bits per heavy atom. The van der Waals surface area contributed by atoms with Crippen LogP contribution in [-0.4, -0.2) is 133 Å². The highest BCUT2D eigenvalue weighted by Crippen LogP contribution is 1.66. The Morgan fingerprint density at radius 1 is 0.412 bits per heavy atom. The number of likely N-dealkylation sites (N-methyl/N-ethyl adjacent to an activating group) is 1. The molecular weight excluding hydrogens is 444 g/mol. The van der Waals surface area contributed by atoms with Crippen molar-refractivity contribution in [1.29, 1.82) is 37.9 Å². The minimum atomic E-state index is 0.139. The van der Waals surface area contributed by atoms with Crippen LogP contribution in [-0.2, 0) is 0 Å². The van der Waals surface area contributed by atoms with Gasteiger partial charge in [0.05, 0.1) is 26.4 Å². The SMILES string of the molecule is C=N.C=N.C=N.C=N.C=N.C=N.C=N.CCCNCCO.CCNCCO.OCCNCCO. The summed E-state index contributed by atoms with van der Waals surface area (Å²) in [6, 6.07) is 0. The summed E-state index contributed by atoms with van der Waals surface area (Å²) >= 11 is 0. The number of rotatable bonds is 11. The largest absolute Gasteiger partial charge is 0.395 e. The first kappa shape index (κ1) is 63.4. The Balaban J connectivity index is -0.0000000253. The van der Waals surface area contributed by atoms with Gasteiger partial charge in [0, 0.05) is 26.2 Å². The molecule has 0 saturated carbocycles. The molecule has 0 spiro atoms. The van der Waals surface area contributed by atoms with Gasteiger partial charge in [0.25, 0.3) is 0 Å². The average Bonchev–Trinajstić information content (AvgIpc) is 2.96. The second-order valence-corrected chi connectivity index (χ2v) is 3.75. The van der Waals surface area contributed by atoms with E-state index in [1.54, 1.807) is 0 Å². The van der Waals surface area contributed by atoms with E-state index < -0.39 is 0 Å². The van der Waals surface area contributed by atoms with Crippen LogP contribution in [0.25, 0.3) is 0 Å². The molecule has 0 radical (unpaired) electrons. The molecule has 0 unspecified atom stereocenters. The van der Waals surface area contributed by atoms with E-state index in [0.29, 0.717) is 13.1 Å². The fourth-order valence-electron chi connectivity index (χ4n) is 0.920. The van der Waals surface area contributed by atoms with Crippen molar-refractivity contribution in [2.24, 2.45) is 0 Å². The fraction of sp³-hybridized carbons (Fsp3) is 0.650. The maximum atomic E-state index is 8.23. The minimum absolute atomic E-state index is 0.139. The summed E-state index contributed by atoms with van der Waals surface area (Å²) in [6.45, 7) is 26.9. The number of aliphatic hydroxyl groups is 4. The lowest BCUT2D eigenvalue weighted by Crippen LogP contribution is -2.21.